The quantitative estimate of drug-likeness (QED) is 0.826. The maximum absolute atomic E-state index is 11.2. The van der Waals surface area contributed by atoms with Crippen LogP contribution in [0.25, 0.3) is 0 Å². The van der Waals surface area contributed by atoms with Crippen molar-refractivity contribution >= 4 is 17.4 Å². The maximum atomic E-state index is 11.2. The monoisotopic (exact) mass is 308 g/mol. The van der Waals surface area contributed by atoms with E-state index in [9.17, 15) is 4.79 Å². The number of ether oxygens (including phenoxy) is 1. The van der Waals surface area contributed by atoms with Crippen LogP contribution >= 0.6 is 11.3 Å². The zero-order chi connectivity index (χ0) is 15.1. The first kappa shape index (κ1) is 15.8. The largest absolute Gasteiger partial charge is 0.453 e. The molecule has 0 saturated carbocycles. The molecular weight excluding hydrogens is 288 g/mol. The number of carbonyl (C=O) groups is 1. The average molecular weight is 308 g/mol. The number of aliphatic hydroxyl groups excluding tert-OH is 1. The average Bonchev–Trinajstić information content (AvgIpc) is 3.10. The van der Waals surface area contributed by atoms with Gasteiger partial charge in [-0.25, -0.2) is 4.79 Å². The van der Waals surface area contributed by atoms with Crippen LogP contribution in [0.4, 0.5) is 4.79 Å². The fourth-order valence-electron chi connectivity index (χ4n) is 2.31. The predicted octanol–water partition coefficient (Wildman–Crippen LogP) is 1.41. The van der Waals surface area contributed by atoms with Crippen LogP contribution in [0.2, 0.25) is 0 Å². The Morgan fingerprint density at radius 3 is 3.29 bits per heavy atom. The highest BCUT2D eigenvalue weighted by atomic mass is 32.1. The highest BCUT2D eigenvalue weighted by Gasteiger charge is 2.24. The van der Waals surface area contributed by atoms with Crippen LogP contribution in [-0.4, -0.2) is 48.9 Å². The predicted molar refractivity (Wildman–Crippen MR) is 82.1 cm³/mol. The number of likely N-dealkylation sites (tertiary alicyclic amines) is 1. The lowest BCUT2D eigenvalue weighted by atomic mass is 10.2. The van der Waals surface area contributed by atoms with Gasteiger partial charge < -0.3 is 15.2 Å². The first-order chi connectivity index (χ1) is 10.2. The fourth-order valence-corrected chi connectivity index (χ4v) is 3.18. The first-order valence-corrected chi connectivity index (χ1v) is 7.84. The molecule has 1 amide bonds. The van der Waals surface area contributed by atoms with Gasteiger partial charge in [-0.1, -0.05) is 11.8 Å². The summed E-state index contributed by atoms with van der Waals surface area (Å²) in [6.45, 7) is 2.73. The van der Waals surface area contributed by atoms with Gasteiger partial charge in [-0.2, -0.15) is 0 Å². The van der Waals surface area contributed by atoms with Crippen LogP contribution in [0.1, 0.15) is 23.3 Å². The minimum Gasteiger partial charge on any atom is -0.453 e. The van der Waals surface area contributed by atoms with Crippen molar-refractivity contribution in [2.45, 2.75) is 25.4 Å². The molecule has 6 heteroatoms. The van der Waals surface area contributed by atoms with Crippen LogP contribution in [0, 0.1) is 11.8 Å². The number of nitrogens with zero attached hydrogens (tertiary/aromatic N) is 1. The smallest absolute Gasteiger partial charge is 0.407 e. The molecule has 0 spiro atoms. The number of amides is 1. The number of aliphatic hydroxyl groups is 1. The minimum atomic E-state index is -0.367. The summed E-state index contributed by atoms with van der Waals surface area (Å²) >= 11 is 1.70. The van der Waals surface area contributed by atoms with Crippen molar-refractivity contribution < 1.29 is 14.6 Å². The number of alkyl carbamates (subject to hydrolysis) is 1. The van der Waals surface area contributed by atoms with Gasteiger partial charge in [0.1, 0.15) is 0 Å². The van der Waals surface area contributed by atoms with E-state index >= 15 is 0 Å². The Morgan fingerprint density at radius 2 is 2.52 bits per heavy atom. The molecule has 1 aromatic rings. The summed E-state index contributed by atoms with van der Waals surface area (Å²) in [4.78, 5) is 14.7. The number of nitrogens with one attached hydrogen (secondary N) is 1. The molecule has 2 heterocycles. The van der Waals surface area contributed by atoms with Gasteiger partial charge in [-0.15, -0.1) is 11.3 Å². The molecule has 0 aliphatic carbocycles. The summed E-state index contributed by atoms with van der Waals surface area (Å²) in [5.74, 6) is 6.06. The zero-order valence-corrected chi connectivity index (χ0v) is 12.9. The summed E-state index contributed by atoms with van der Waals surface area (Å²) in [5.41, 5.74) is 1.04. The summed E-state index contributed by atoms with van der Waals surface area (Å²) in [6, 6.07) is 2.17. The van der Waals surface area contributed by atoms with Crippen molar-refractivity contribution in [1.82, 2.24) is 10.2 Å². The van der Waals surface area contributed by atoms with Crippen molar-refractivity contribution in [2.24, 2.45) is 0 Å². The van der Waals surface area contributed by atoms with E-state index in [0.29, 0.717) is 6.42 Å². The van der Waals surface area contributed by atoms with Gasteiger partial charge in [0.05, 0.1) is 13.7 Å². The minimum absolute atomic E-state index is 0.0967. The molecule has 114 valence electrons. The Kier molecular flexibility index (Phi) is 6.05. The third kappa shape index (κ3) is 4.74. The van der Waals surface area contributed by atoms with Crippen LogP contribution in [0.5, 0.6) is 0 Å². The van der Waals surface area contributed by atoms with Gasteiger partial charge in [0.15, 0.2) is 0 Å². The molecule has 1 unspecified atom stereocenters. The standard InChI is InChI=1S/C15H20N2O3S/c1-20-15(19)16-13-5-7-17(10-13)11-14-12(6-9-21-14)4-2-3-8-18/h6,9,13,18H,3,5,7-8,10-11H2,1H3,(H,16,19). The van der Waals surface area contributed by atoms with Gasteiger partial charge in [0.25, 0.3) is 0 Å². The topological polar surface area (TPSA) is 61.8 Å². The lowest BCUT2D eigenvalue weighted by Crippen LogP contribution is -2.36. The fraction of sp³-hybridized carbons (Fsp3) is 0.533. The van der Waals surface area contributed by atoms with Crippen molar-refractivity contribution in [3.05, 3.63) is 21.9 Å². The van der Waals surface area contributed by atoms with E-state index < -0.39 is 0 Å². The molecule has 1 aliphatic rings. The number of carbonyl (C=O) groups excluding carboxylic acids is 1. The Balaban J connectivity index is 1.88. The number of methoxy groups -OCH3 is 1. The van der Waals surface area contributed by atoms with Crippen LogP contribution < -0.4 is 5.32 Å². The molecule has 1 aromatic heterocycles. The zero-order valence-electron chi connectivity index (χ0n) is 12.1. The second kappa shape index (κ2) is 8.03. The van der Waals surface area contributed by atoms with Gasteiger partial charge in [-0.05, 0) is 17.9 Å². The molecule has 0 bridgehead atoms. The Hall–Kier alpha value is -1.55. The Labute approximate surface area is 128 Å². The van der Waals surface area contributed by atoms with Gasteiger partial charge >= 0.3 is 6.09 Å². The van der Waals surface area contributed by atoms with Gasteiger partial charge in [-0.3, -0.25) is 4.90 Å². The molecule has 0 aromatic carbocycles. The number of hydrogen-bond donors (Lipinski definition) is 2. The Morgan fingerprint density at radius 1 is 1.67 bits per heavy atom. The van der Waals surface area contributed by atoms with E-state index in [-0.39, 0.29) is 18.7 Å². The van der Waals surface area contributed by atoms with Gasteiger partial charge in [0, 0.05) is 42.5 Å². The summed E-state index contributed by atoms with van der Waals surface area (Å²) in [5, 5.41) is 13.6. The molecule has 1 saturated heterocycles. The molecule has 2 N–H and O–H groups in total. The molecule has 1 fully saturated rings. The van der Waals surface area contributed by atoms with Crippen LogP contribution in [0.15, 0.2) is 11.4 Å². The molecule has 21 heavy (non-hydrogen) atoms. The lowest BCUT2D eigenvalue weighted by molar-refractivity contribution is 0.166. The SMILES string of the molecule is COC(=O)NC1CCN(Cc2sccc2C#CCCO)C1. The van der Waals surface area contributed by atoms with Crippen molar-refractivity contribution in [2.75, 3.05) is 26.8 Å². The molecular formula is C15H20N2O3S. The van der Waals surface area contributed by atoms with Crippen LogP contribution in [-0.2, 0) is 11.3 Å². The third-order valence-electron chi connectivity index (χ3n) is 3.35. The summed E-state index contributed by atoms with van der Waals surface area (Å²) < 4.78 is 4.62. The van der Waals surface area contributed by atoms with Gasteiger partial charge in [0.2, 0.25) is 0 Å². The highest BCUT2D eigenvalue weighted by molar-refractivity contribution is 7.10. The molecule has 1 atom stereocenters. The second-order valence-corrected chi connectivity index (χ2v) is 5.89. The number of thiophene rings is 1. The van der Waals surface area contributed by atoms with E-state index in [1.54, 1.807) is 11.3 Å². The van der Waals surface area contributed by atoms with Crippen molar-refractivity contribution in [3.63, 3.8) is 0 Å². The van der Waals surface area contributed by atoms with E-state index in [1.165, 1.54) is 12.0 Å². The summed E-state index contributed by atoms with van der Waals surface area (Å²) in [7, 11) is 1.38. The molecule has 1 aliphatic heterocycles. The molecule has 2 rings (SSSR count). The second-order valence-electron chi connectivity index (χ2n) is 4.89. The van der Waals surface area contributed by atoms with E-state index in [4.69, 9.17) is 5.11 Å². The molecule has 5 nitrogen and oxygen atoms in total. The normalized spacial score (nSPS) is 18.1. The van der Waals surface area contributed by atoms with E-state index in [1.807, 2.05) is 11.4 Å². The van der Waals surface area contributed by atoms with E-state index in [2.05, 4.69) is 26.8 Å². The van der Waals surface area contributed by atoms with E-state index in [0.717, 1.165) is 31.6 Å². The maximum Gasteiger partial charge on any atom is 0.407 e. The number of hydrogen-bond acceptors (Lipinski definition) is 5. The Bertz CT molecular complexity index is 533. The van der Waals surface area contributed by atoms with Crippen LogP contribution in [0.3, 0.4) is 0 Å². The van der Waals surface area contributed by atoms with Crippen molar-refractivity contribution in [1.29, 1.82) is 0 Å². The third-order valence-corrected chi connectivity index (χ3v) is 4.26. The summed E-state index contributed by atoms with van der Waals surface area (Å²) in [6.07, 6.45) is 1.07. The van der Waals surface area contributed by atoms with Crippen molar-refractivity contribution in [3.8, 4) is 11.8 Å². The lowest BCUT2D eigenvalue weighted by Gasteiger charge is -2.15. The number of rotatable bonds is 4. The highest BCUT2D eigenvalue weighted by Crippen LogP contribution is 2.21. The first-order valence-electron chi connectivity index (χ1n) is 6.96. The molecule has 0 radical (unpaired) electrons.